The molecule has 15 heavy (non-hydrogen) atoms. The van der Waals surface area contributed by atoms with Gasteiger partial charge in [-0.05, 0) is 14.0 Å². The molecule has 0 bridgehead atoms. The highest BCUT2D eigenvalue weighted by Gasteiger charge is 2.10. The van der Waals surface area contributed by atoms with Crippen LogP contribution in [0.1, 0.15) is 10.6 Å². The van der Waals surface area contributed by atoms with Gasteiger partial charge in [-0.25, -0.2) is 9.78 Å². The van der Waals surface area contributed by atoms with Crippen LogP contribution in [0.25, 0.3) is 0 Å². The van der Waals surface area contributed by atoms with E-state index in [9.17, 15) is 4.79 Å². The molecule has 1 N–H and O–H groups in total. The van der Waals surface area contributed by atoms with Gasteiger partial charge in [0.25, 0.3) is 0 Å². The summed E-state index contributed by atoms with van der Waals surface area (Å²) in [4.78, 5) is 17.8. The van der Waals surface area contributed by atoms with E-state index in [0.717, 1.165) is 10.6 Å². The average molecular weight is 226 g/mol. The number of aliphatic carboxylic acids is 1. The number of hydrogen-bond acceptors (Lipinski definition) is 4. The lowest BCUT2D eigenvalue weighted by atomic mass is 10.3. The van der Waals surface area contributed by atoms with Gasteiger partial charge in [0, 0.05) is 23.5 Å². The van der Waals surface area contributed by atoms with Gasteiger partial charge in [-0.3, -0.25) is 4.90 Å². The topological polar surface area (TPSA) is 53.4 Å². The summed E-state index contributed by atoms with van der Waals surface area (Å²) in [5.41, 5.74) is 3.01. The summed E-state index contributed by atoms with van der Waals surface area (Å²) < 4.78 is 0. The molecule has 0 atom stereocenters. The molecular weight excluding hydrogens is 212 g/mol. The molecule has 0 aliphatic heterocycles. The van der Waals surface area contributed by atoms with Gasteiger partial charge >= 0.3 is 5.97 Å². The third-order valence-corrected chi connectivity index (χ3v) is 2.94. The van der Waals surface area contributed by atoms with E-state index in [2.05, 4.69) is 11.6 Å². The molecule has 82 valence electrons. The highest BCUT2D eigenvalue weighted by Crippen LogP contribution is 2.14. The van der Waals surface area contributed by atoms with Crippen molar-refractivity contribution in [3.05, 3.63) is 28.2 Å². The standard InChI is InChI=1S/C10H14N2O2S/c1-7(10(13)14)4-12(3)5-9-8(2)11-6-15-9/h6H,1,4-5H2,2-3H3,(H,13,14). The monoisotopic (exact) mass is 226 g/mol. The summed E-state index contributed by atoms with van der Waals surface area (Å²) in [5, 5.41) is 8.68. The smallest absolute Gasteiger partial charge is 0.332 e. The number of thiazole rings is 1. The van der Waals surface area contributed by atoms with E-state index < -0.39 is 5.97 Å². The summed E-state index contributed by atoms with van der Waals surface area (Å²) >= 11 is 1.58. The van der Waals surface area contributed by atoms with E-state index in [1.165, 1.54) is 0 Å². The third-order valence-electron chi connectivity index (χ3n) is 2.02. The first-order valence-corrected chi connectivity index (χ1v) is 5.37. The molecule has 1 rings (SSSR count). The molecule has 0 aliphatic carbocycles. The third kappa shape index (κ3) is 3.45. The largest absolute Gasteiger partial charge is 0.478 e. The molecule has 0 saturated carbocycles. The number of carboxylic acids is 1. The molecule has 0 aliphatic rings. The van der Waals surface area contributed by atoms with Crippen LogP contribution in [-0.2, 0) is 11.3 Å². The van der Waals surface area contributed by atoms with Crippen LogP contribution in [0.2, 0.25) is 0 Å². The van der Waals surface area contributed by atoms with Gasteiger partial charge in [-0.2, -0.15) is 0 Å². The fraction of sp³-hybridized carbons (Fsp3) is 0.400. The van der Waals surface area contributed by atoms with Crippen molar-refractivity contribution in [3.63, 3.8) is 0 Å². The summed E-state index contributed by atoms with van der Waals surface area (Å²) in [7, 11) is 1.87. The molecular formula is C10H14N2O2S. The molecule has 4 nitrogen and oxygen atoms in total. The number of carbonyl (C=O) groups is 1. The second kappa shape index (κ2) is 5.04. The summed E-state index contributed by atoms with van der Waals surface area (Å²) in [6.45, 7) is 6.52. The molecule has 1 aromatic heterocycles. The zero-order valence-electron chi connectivity index (χ0n) is 8.86. The maximum atomic E-state index is 10.6. The van der Waals surface area contributed by atoms with Gasteiger partial charge in [0.15, 0.2) is 0 Å². The van der Waals surface area contributed by atoms with E-state index in [1.807, 2.05) is 18.9 Å². The van der Waals surface area contributed by atoms with Crippen molar-refractivity contribution in [2.24, 2.45) is 0 Å². The van der Waals surface area contributed by atoms with Crippen LogP contribution < -0.4 is 0 Å². The molecule has 0 spiro atoms. The highest BCUT2D eigenvalue weighted by molar-refractivity contribution is 7.09. The highest BCUT2D eigenvalue weighted by atomic mass is 32.1. The number of aromatic nitrogens is 1. The Morgan fingerprint density at radius 2 is 2.40 bits per heavy atom. The molecule has 0 amide bonds. The van der Waals surface area contributed by atoms with E-state index in [1.54, 1.807) is 16.8 Å². The minimum absolute atomic E-state index is 0.208. The Morgan fingerprint density at radius 3 is 2.87 bits per heavy atom. The molecule has 1 heterocycles. The molecule has 0 fully saturated rings. The number of aryl methyl sites for hydroxylation is 1. The number of likely N-dealkylation sites (N-methyl/N-ethyl adjacent to an activating group) is 1. The summed E-state index contributed by atoms with van der Waals surface area (Å²) in [5.74, 6) is -0.942. The molecule has 0 aromatic carbocycles. The predicted octanol–water partition coefficient (Wildman–Crippen LogP) is 1.52. The zero-order chi connectivity index (χ0) is 11.4. The van der Waals surface area contributed by atoms with Gasteiger partial charge in [0.05, 0.1) is 11.2 Å². The number of hydrogen-bond donors (Lipinski definition) is 1. The van der Waals surface area contributed by atoms with Gasteiger partial charge in [0.2, 0.25) is 0 Å². The van der Waals surface area contributed by atoms with Crippen LogP contribution in [0.3, 0.4) is 0 Å². The lowest BCUT2D eigenvalue weighted by molar-refractivity contribution is -0.132. The molecule has 0 saturated heterocycles. The Balaban J connectivity index is 2.50. The van der Waals surface area contributed by atoms with E-state index in [-0.39, 0.29) is 5.57 Å². The van der Waals surface area contributed by atoms with Crippen molar-refractivity contribution in [1.82, 2.24) is 9.88 Å². The first-order valence-electron chi connectivity index (χ1n) is 4.49. The maximum Gasteiger partial charge on any atom is 0.332 e. The zero-order valence-corrected chi connectivity index (χ0v) is 9.67. The second-order valence-electron chi connectivity index (χ2n) is 3.44. The van der Waals surface area contributed by atoms with E-state index >= 15 is 0 Å². The van der Waals surface area contributed by atoms with Crippen molar-refractivity contribution in [2.75, 3.05) is 13.6 Å². The second-order valence-corrected chi connectivity index (χ2v) is 4.38. The maximum absolute atomic E-state index is 10.6. The van der Waals surface area contributed by atoms with Crippen molar-refractivity contribution in [3.8, 4) is 0 Å². The summed E-state index contributed by atoms with van der Waals surface area (Å²) in [6, 6.07) is 0. The molecule has 5 heteroatoms. The van der Waals surface area contributed by atoms with Crippen LogP contribution in [0.15, 0.2) is 17.7 Å². The van der Waals surface area contributed by atoms with Gasteiger partial charge < -0.3 is 5.11 Å². The fourth-order valence-corrected chi connectivity index (χ4v) is 2.03. The molecule has 0 unspecified atom stereocenters. The Hall–Kier alpha value is -1.20. The SMILES string of the molecule is C=C(CN(C)Cc1scnc1C)C(=O)O. The van der Waals surface area contributed by atoms with Gasteiger partial charge in [0.1, 0.15) is 0 Å². The average Bonchev–Trinajstić information content (AvgIpc) is 2.51. The Labute approximate surface area is 92.9 Å². The van der Waals surface area contributed by atoms with Gasteiger partial charge in [-0.15, -0.1) is 11.3 Å². The fourth-order valence-electron chi connectivity index (χ4n) is 1.17. The minimum atomic E-state index is -0.942. The Bertz CT molecular complexity index is 373. The van der Waals surface area contributed by atoms with Crippen LogP contribution in [0.5, 0.6) is 0 Å². The van der Waals surface area contributed by atoms with Crippen molar-refractivity contribution < 1.29 is 9.90 Å². The number of nitrogens with zero attached hydrogens (tertiary/aromatic N) is 2. The summed E-state index contributed by atoms with van der Waals surface area (Å²) in [6.07, 6.45) is 0. The van der Waals surface area contributed by atoms with Crippen LogP contribution in [0.4, 0.5) is 0 Å². The number of carboxylic acid groups (broad SMARTS) is 1. The quantitative estimate of drug-likeness (QED) is 0.773. The minimum Gasteiger partial charge on any atom is -0.478 e. The van der Waals surface area contributed by atoms with Crippen molar-refractivity contribution >= 4 is 17.3 Å². The normalized spacial score (nSPS) is 10.6. The first-order chi connectivity index (χ1) is 7.00. The van der Waals surface area contributed by atoms with Crippen LogP contribution in [-0.4, -0.2) is 34.6 Å². The number of rotatable bonds is 5. The van der Waals surface area contributed by atoms with Crippen LogP contribution >= 0.6 is 11.3 Å². The Morgan fingerprint density at radius 1 is 1.73 bits per heavy atom. The Kier molecular flexibility index (Phi) is 3.99. The first kappa shape index (κ1) is 11.9. The van der Waals surface area contributed by atoms with E-state index in [4.69, 9.17) is 5.11 Å². The molecule has 1 aromatic rings. The molecule has 0 radical (unpaired) electrons. The predicted molar refractivity (Wildman–Crippen MR) is 60.0 cm³/mol. The van der Waals surface area contributed by atoms with E-state index in [0.29, 0.717) is 13.1 Å². The van der Waals surface area contributed by atoms with Crippen LogP contribution in [0, 0.1) is 6.92 Å². The van der Waals surface area contributed by atoms with Gasteiger partial charge in [-0.1, -0.05) is 6.58 Å². The lowest BCUT2D eigenvalue weighted by Crippen LogP contribution is -2.23. The van der Waals surface area contributed by atoms with Crippen molar-refractivity contribution in [2.45, 2.75) is 13.5 Å². The van der Waals surface area contributed by atoms with Crippen molar-refractivity contribution in [1.29, 1.82) is 0 Å². The lowest BCUT2D eigenvalue weighted by Gasteiger charge is -2.15.